The third kappa shape index (κ3) is 4.74. The molecule has 1 amide bonds. The number of hydrogen-bond acceptors (Lipinski definition) is 5. The monoisotopic (exact) mass is 501 g/mol. The van der Waals surface area contributed by atoms with Crippen molar-refractivity contribution in [1.82, 2.24) is 19.8 Å². The fourth-order valence-corrected chi connectivity index (χ4v) is 4.35. The Balaban J connectivity index is 1.41. The van der Waals surface area contributed by atoms with Crippen LogP contribution in [0, 0.1) is 0 Å². The molecule has 0 bridgehead atoms. The quantitative estimate of drug-likeness (QED) is 0.416. The summed E-state index contributed by atoms with van der Waals surface area (Å²) in [4.78, 5) is 26.5. The van der Waals surface area contributed by atoms with Crippen LogP contribution in [0.5, 0.6) is 0 Å². The summed E-state index contributed by atoms with van der Waals surface area (Å²) in [6.07, 6.45) is 0. The van der Waals surface area contributed by atoms with E-state index in [9.17, 15) is 4.79 Å². The average molecular weight is 502 g/mol. The summed E-state index contributed by atoms with van der Waals surface area (Å²) in [5, 5.41) is 4.29. The Kier molecular flexibility index (Phi) is 6.07. The first-order valence-electron chi connectivity index (χ1n) is 10.9. The number of hydrogen-bond donors (Lipinski definition) is 1. The number of piperazine rings is 1. The van der Waals surface area contributed by atoms with Crippen LogP contribution in [0.1, 0.15) is 10.4 Å². The van der Waals surface area contributed by atoms with Gasteiger partial charge in [0.15, 0.2) is 0 Å². The maximum absolute atomic E-state index is 12.8. The molecule has 0 saturated carbocycles. The van der Waals surface area contributed by atoms with Crippen LogP contribution >= 0.6 is 15.9 Å². The largest absolute Gasteiger partial charge is 0.336 e. The Morgan fingerprint density at radius 2 is 1.64 bits per heavy atom. The lowest BCUT2D eigenvalue weighted by atomic mass is 10.1. The van der Waals surface area contributed by atoms with Crippen molar-refractivity contribution in [3.05, 3.63) is 82.8 Å². The second-order valence-corrected chi connectivity index (χ2v) is 9.14. The number of carbonyl (C=O) groups excluding carboxylic acids is 1. The van der Waals surface area contributed by atoms with E-state index in [4.69, 9.17) is 9.97 Å². The Hall–Kier alpha value is -3.29. The molecule has 0 aliphatic carbocycles. The van der Waals surface area contributed by atoms with E-state index in [1.165, 1.54) is 0 Å². The molecule has 1 N–H and O–H groups in total. The molecule has 166 valence electrons. The Bertz CT molecular complexity index is 1290. The number of benzene rings is 3. The first-order chi connectivity index (χ1) is 16.1. The highest BCUT2D eigenvalue weighted by molar-refractivity contribution is 9.10. The van der Waals surface area contributed by atoms with E-state index >= 15 is 0 Å². The minimum Gasteiger partial charge on any atom is -0.336 e. The van der Waals surface area contributed by atoms with E-state index in [-0.39, 0.29) is 5.91 Å². The van der Waals surface area contributed by atoms with Gasteiger partial charge >= 0.3 is 0 Å². The first-order valence-corrected chi connectivity index (χ1v) is 11.7. The third-order valence-electron chi connectivity index (χ3n) is 5.88. The number of carbonyl (C=O) groups is 1. The first kappa shape index (κ1) is 21.6. The highest BCUT2D eigenvalue weighted by Crippen LogP contribution is 2.30. The molecule has 0 atom stereocenters. The van der Waals surface area contributed by atoms with Crippen molar-refractivity contribution in [2.24, 2.45) is 0 Å². The van der Waals surface area contributed by atoms with Gasteiger partial charge in [0.25, 0.3) is 5.91 Å². The predicted molar refractivity (Wildman–Crippen MR) is 136 cm³/mol. The summed E-state index contributed by atoms with van der Waals surface area (Å²) in [7, 11) is 2.08. The molecular weight excluding hydrogens is 478 g/mol. The molecule has 1 aliphatic heterocycles. The van der Waals surface area contributed by atoms with Gasteiger partial charge in [-0.1, -0.05) is 46.3 Å². The van der Waals surface area contributed by atoms with Gasteiger partial charge in [-0.3, -0.25) is 4.79 Å². The van der Waals surface area contributed by atoms with Crippen LogP contribution in [0.3, 0.4) is 0 Å². The van der Waals surface area contributed by atoms with Crippen LogP contribution in [0.25, 0.3) is 22.2 Å². The van der Waals surface area contributed by atoms with Crippen molar-refractivity contribution < 1.29 is 4.79 Å². The number of anilines is 2. The maximum Gasteiger partial charge on any atom is 0.253 e. The lowest BCUT2D eigenvalue weighted by Gasteiger charge is -2.32. The molecule has 1 fully saturated rings. The third-order valence-corrected chi connectivity index (χ3v) is 6.38. The maximum atomic E-state index is 12.8. The van der Waals surface area contributed by atoms with Crippen LogP contribution in [-0.4, -0.2) is 58.9 Å². The zero-order valence-electron chi connectivity index (χ0n) is 18.3. The number of halogens is 1. The smallest absolute Gasteiger partial charge is 0.253 e. The molecule has 5 rings (SSSR count). The van der Waals surface area contributed by atoms with Gasteiger partial charge in [0.2, 0.25) is 5.95 Å². The summed E-state index contributed by atoms with van der Waals surface area (Å²) in [5.41, 5.74) is 4.28. The molecule has 4 aromatic rings. The summed E-state index contributed by atoms with van der Waals surface area (Å²) < 4.78 is 0.983. The van der Waals surface area contributed by atoms with Crippen molar-refractivity contribution >= 4 is 44.4 Å². The van der Waals surface area contributed by atoms with E-state index in [1.54, 1.807) is 0 Å². The number of nitrogens with one attached hydrogen (secondary N) is 1. The summed E-state index contributed by atoms with van der Waals surface area (Å²) in [6.45, 7) is 3.34. The van der Waals surface area contributed by atoms with Gasteiger partial charge in [0.05, 0.1) is 11.2 Å². The molecule has 1 aromatic heterocycles. The van der Waals surface area contributed by atoms with Crippen molar-refractivity contribution in [1.29, 1.82) is 0 Å². The van der Waals surface area contributed by atoms with Gasteiger partial charge in [0, 0.05) is 52.9 Å². The lowest BCUT2D eigenvalue weighted by molar-refractivity contribution is 0.0664. The second kappa shape index (κ2) is 9.29. The lowest BCUT2D eigenvalue weighted by Crippen LogP contribution is -2.47. The Morgan fingerprint density at radius 1 is 0.909 bits per heavy atom. The van der Waals surface area contributed by atoms with Crippen molar-refractivity contribution in [3.8, 4) is 11.3 Å². The molecule has 33 heavy (non-hydrogen) atoms. The Labute approximate surface area is 201 Å². The van der Waals surface area contributed by atoms with Gasteiger partial charge in [-0.2, -0.15) is 0 Å². The van der Waals surface area contributed by atoms with Crippen LogP contribution in [0.2, 0.25) is 0 Å². The van der Waals surface area contributed by atoms with E-state index in [2.05, 4.69) is 33.2 Å². The molecule has 1 saturated heterocycles. The van der Waals surface area contributed by atoms with Gasteiger partial charge in [-0.05, 0) is 49.5 Å². The van der Waals surface area contributed by atoms with E-state index in [0.29, 0.717) is 11.5 Å². The van der Waals surface area contributed by atoms with Gasteiger partial charge in [-0.15, -0.1) is 0 Å². The van der Waals surface area contributed by atoms with E-state index in [0.717, 1.165) is 58.5 Å². The zero-order chi connectivity index (χ0) is 22.8. The van der Waals surface area contributed by atoms with Crippen LogP contribution in [0.15, 0.2) is 77.3 Å². The van der Waals surface area contributed by atoms with E-state index in [1.807, 2.05) is 77.7 Å². The number of fused-ring (bicyclic) bond motifs is 1. The number of amides is 1. The van der Waals surface area contributed by atoms with Crippen LogP contribution in [-0.2, 0) is 0 Å². The van der Waals surface area contributed by atoms with Gasteiger partial charge < -0.3 is 15.1 Å². The highest BCUT2D eigenvalue weighted by Gasteiger charge is 2.20. The fourth-order valence-electron chi connectivity index (χ4n) is 3.99. The van der Waals surface area contributed by atoms with Crippen molar-refractivity contribution in [2.45, 2.75) is 0 Å². The zero-order valence-corrected chi connectivity index (χ0v) is 19.9. The van der Waals surface area contributed by atoms with Crippen molar-refractivity contribution in [3.63, 3.8) is 0 Å². The topological polar surface area (TPSA) is 61.4 Å². The fraction of sp³-hybridized carbons (Fsp3) is 0.192. The number of aromatic nitrogens is 2. The normalized spacial score (nSPS) is 14.4. The summed E-state index contributed by atoms with van der Waals surface area (Å²) in [5.74, 6) is 0.593. The summed E-state index contributed by atoms with van der Waals surface area (Å²) in [6, 6.07) is 23.6. The highest BCUT2D eigenvalue weighted by atomic mass is 79.9. The molecule has 6 nitrogen and oxygen atoms in total. The second-order valence-electron chi connectivity index (χ2n) is 8.22. The van der Waals surface area contributed by atoms with Crippen molar-refractivity contribution in [2.75, 3.05) is 38.5 Å². The Morgan fingerprint density at radius 3 is 2.36 bits per heavy atom. The van der Waals surface area contributed by atoms with Gasteiger partial charge in [-0.25, -0.2) is 9.97 Å². The summed E-state index contributed by atoms with van der Waals surface area (Å²) >= 11 is 3.56. The molecule has 0 spiro atoms. The standard InChI is InChI=1S/C26H24BrN5O/c1-31-13-15-32(16-14-31)25(33)19-7-10-21(11-8-19)28-26-29-23-12-9-20(27)17-22(23)24(30-26)18-5-3-2-4-6-18/h2-12,17H,13-16H2,1H3,(H,28,29,30). The molecule has 0 radical (unpaired) electrons. The van der Waals surface area contributed by atoms with E-state index < -0.39 is 0 Å². The number of rotatable bonds is 4. The molecule has 0 unspecified atom stereocenters. The van der Waals surface area contributed by atoms with Crippen LogP contribution in [0.4, 0.5) is 11.6 Å². The predicted octanol–water partition coefficient (Wildman–Crippen LogP) is 5.19. The number of nitrogens with zero attached hydrogens (tertiary/aromatic N) is 4. The molecule has 7 heteroatoms. The minimum atomic E-state index is 0.0774. The molecular formula is C26H24BrN5O. The molecule has 2 heterocycles. The molecule has 1 aliphatic rings. The average Bonchev–Trinajstić information content (AvgIpc) is 2.85. The molecule has 3 aromatic carbocycles. The van der Waals surface area contributed by atoms with Gasteiger partial charge in [0.1, 0.15) is 0 Å². The SMILES string of the molecule is CN1CCN(C(=O)c2ccc(Nc3nc(-c4ccccc4)c4cc(Br)ccc4n3)cc2)CC1. The number of likely N-dealkylation sites (N-methyl/N-ethyl adjacent to an activating group) is 1. The minimum absolute atomic E-state index is 0.0774. The van der Waals surface area contributed by atoms with Crippen LogP contribution < -0.4 is 5.32 Å².